The van der Waals surface area contributed by atoms with Crippen molar-refractivity contribution in [3.05, 3.63) is 70.8 Å². The molecule has 0 radical (unpaired) electrons. The van der Waals surface area contributed by atoms with Gasteiger partial charge in [-0.15, -0.1) is 12.3 Å². The van der Waals surface area contributed by atoms with Gasteiger partial charge in [-0.2, -0.15) is 0 Å². The van der Waals surface area contributed by atoms with E-state index in [1.165, 1.54) is 18.2 Å². The molecule has 2 rings (SSSR count). The van der Waals surface area contributed by atoms with Crippen LogP contribution in [0.2, 0.25) is 0 Å². The zero-order valence-electron chi connectivity index (χ0n) is 21.0. The van der Waals surface area contributed by atoms with Gasteiger partial charge in [-0.25, -0.2) is 0 Å². The lowest BCUT2D eigenvalue weighted by Crippen LogP contribution is -2.47. The summed E-state index contributed by atoms with van der Waals surface area (Å²) in [6, 6.07) is 13.2. The molecule has 3 amide bonds. The van der Waals surface area contributed by atoms with Crippen molar-refractivity contribution in [2.45, 2.75) is 51.8 Å². The first kappa shape index (κ1) is 28.6. The predicted molar refractivity (Wildman–Crippen MR) is 140 cm³/mol. The average molecular weight is 493 g/mol. The standard InChI is InChI=1S/C28H36N4O4/c1-4-10-24(25(33)19-30-18-20-11-8-7-9-12-20)31-27(35)22-15-21(26(29)34)16-23(17-22)28(36)32(13-5-2)14-6-3/h1,7-9,11-12,15-17,24-25,30,33H,5-6,10,13-14,18-19H2,2-3H3,(H2,29,34)(H,31,35)/t24-,25?/m0/s1. The van der Waals surface area contributed by atoms with E-state index in [1.807, 2.05) is 44.2 Å². The minimum atomic E-state index is -0.960. The quantitative estimate of drug-likeness (QED) is 0.301. The second-order valence-electron chi connectivity index (χ2n) is 8.63. The molecule has 2 aromatic rings. The molecule has 0 saturated carbocycles. The van der Waals surface area contributed by atoms with E-state index in [9.17, 15) is 19.5 Å². The summed E-state index contributed by atoms with van der Waals surface area (Å²) in [6.45, 7) is 5.81. The largest absolute Gasteiger partial charge is 0.390 e. The predicted octanol–water partition coefficient (Wildman–Crippen LogP) is 2.32. The van der Waals surface area contributed by atoms with E-state index < -0.39 is 24.0 Å². The number of carbonyl (C=O) groups excluding carboxylic acids is 3. The van der Waals surface area contributed by atoms with Gasteiger partial charge in [0, 0.05) is 49.3 Å². The number of nitrogens with two attached hydrogens (primary N) is 1. The number of carbonyl (C=O) groups is 3. The number of nitrogens with one attached hydrogen (secondary N) is 2. The van der Waals surface area contributed by atoms with Gasteiger partial charge in [0.05, 0.1) is 12.1 Å². The van der Waals surface area contributed by atoms with Gasteiger partial charge in [-0.1, -0.05) is 44.2 Å². The van der Waals surface area contributed by atoms with Gasteiger partial charge < -0.3 is 26.4 Å². The maximum atomic E-state index is 13.1. The fourth-order valence-electron chi connectivity index (χ4n) is 3.83. The maximum absolute atomic E-state index is 13.1. The third-order valence-corrected chi connectivity index (χ3v) is 5.65. The molecule has 36 heavy (non-hydrogen) atoms. The van der Waals surface area contributed by atoms with Crippen LogP contribution in [0.3, 0.4) is 0 Å². The molecule has 192 valence electrons. The summed E-state index contributed by atoms with van der Waals surface area (Å²) in [7, 11) is 0. The lowest BCUT2D eigenvalue weighted by Gasteiger charge is -2.24. The molecule has 0 aromatic heterocycles. The molecule has 8 nitrogen and oxygen atoms in total. The summed E-state index contributed by atoms with van der Waals surface area (Å²) in [6.07, 6.45) is 6.17. The number of primary amides is 1. The first-order valence-electron chi connectivity index (χ1n) is 12.2. The molecule has 2 aromatic carbocycles. The van der Waals surface area contributed by atoms with Crippen molar-refractivity contribution < 1.29 is 19.5 Å². The van der Waals surface area contributed by atoms with E-state index in [2.05, 4.69) is 16.6 Å². The minimum absolute atomic E-state index is 0.0533. The third kappa shape index (κ3) is 8.52. The molecule has 0 aliphatic carbocycles. The Hall–Kier alpha value is -3.67. The molecule has 8 heteroatoms. The van der Waals surface area contributed by atoms with Gasteiger partial charge in [0.2, 0.25) is 5.91 Å². The Labute approximate surface area is 213 Å². The zero-order valence-corrected chi connectivity index (χ0v) is 21.0. The summed E-state index contributed by atoms with van der Waals surface area (Å²) >= 11 is 0. The molecule has 0 saturated heterocycles. The van der Waals surface area contributed by atoms with E-state index in [0.717, 1.165) is 18.4 Å². The lowest BCUT2D eigenvalue weighted by molar-refractivity contribution is 0.0755. The third-order valence-electron chi connectivity index (χ3n) is 5.65. The summed E-state index contributed by atoms with van der Waals surface area (Å²) in [5.74, 6) is 0.890. The number of hydrogen-bond acceptors (Lipinski definition) is 5. The highest BCUT2D eigenvalue weighted by molar-refractivity contribution is 6.04. The van der Waals surface area contributed by atoms with Crippen LogP contribution in [-0.4, -0.2) is 59.5 Å². The lowest BCUT2D eigenvalue weighted by atomic mass is 10.0. The molecular formula is C28H36N4O4. The fourth-order valence-corrected chi connectivity index (χ4v) is 3.83. The van der Waals surface area contributed by atoms with Crippen molar-refractivity contribution in [3.8, 4) is 12.3 Å². The van der Waals surface area contributed by atoms with Crippen LogP contribution in [0.5, 0.6) is 0 Å². The molecule has 0 aliphatic rings. The van der Waals surface area contributed by atoms with Gasteiger partial charge in [0.1, 0.15) is 0 Å². The van der Waals surface area contributed by atoms with Crippen molar-refractivity contribution in [3.63, 3.8) is 0 Å². The SMILES string of the molecule is C#CC[C@H](NC(=O)c1cc(C(N)=O)cc(C(=O)N(CCC)CCC)c1)C(O)CNCc1ccccc1. The molecule has 1 unspecified atom stereocenters. The van der Waals surface area contributed by atoms with Crippen molar-refractivity contribution in [2.75, 3.05) is 19.6 Å². The average Bonchev–Trinajstić information content (AvgIpc) is 2.88. The summed E-state index contributed by atoms with van der Waals surface area (Å²) in [5.41, 5.74) is 6.88. The topological polar surface area (TPSA) is 125 Å². The molecule has 5 N–H and O–H groups in total. The van der Waals surface area contributed by atoms with Crippen LogP contribution < -0.4 is 16.4 Å². The Morgan fingerprint density at radius 1 is 1.03 bits per heavy atom. The van der Waals surface area contributed by atoms with Crippen LogP contribution in [0.1, 0.15) is 69.7 Å². The number of aliphatic hydroxyl groups excluding tert-OH is 1. The molecule has 0 aliphatic heterocycles. The van der Waals surface area contributed by atoms with Gasteiger partial charge in [-0.05, 0) is 36.6 Å². The highest BCUT2D eigenvalue weighted by Crippen LogP contribution is 2.15. The first-order chi connectivity index (χ1) is 17.3. The summed E-state index contributed by atoms with van der Waals surface area (Å²) in [5, 5.41) is 16.6. The summed E-state index contributed by atoms with van der Waals surface area (Å²) < 4.78 is 0. The Kier molecular flexibility index (Phi) is 11.6. The number of nitrogens with zero attached hydrogens (tertiary/aromatic N) is 1. The van der Waals surface area contributed by atoms with E-state index in [-0.39, 0.29) is 35.6 Å². The van der Waals surface area contributed by atoms with Crippen LogP contribution in [0.25, 0.3) is 0 Å². The fraction of sp³-hybridized carbons (Fsp3) is 0.393. The smallest absolute Gasteiger partial charge is 0.253 e. The van der Waals surface area contributed by atoms with E-state index >= 15 is 0 Å². The van der Waals surface area contributed by atoms with E-state index in [1.54, 1.807) is 4.90 Å². The number of benzene rings is 2. The first-order valence-corrected chi connectivity index (χ1v) is 12.2. The van der Waals surface area contributed by atoms with Gasteiger partial charge in [-0.3, -0.25) is 14.4 Å². The van der Waals surface area contributed by atoms with Crippen molar-refractivity contribution >= 4 is 17.7 Å². The molecule has 0 fully saturated rings. The van der Waals surface area contributed by atoms with Crippen LogP contribution in [0.15, 0.2) is 48.5 Å². The Morgan fingerprint density at radius 3 is 2.22 bits per heavy atom. The van der Waals surface area contributed by atoms with Crippen molar-refractivity contribution in [1.82, 2.24) is 15.5 Å². The molecule has 0 spiro atoms. The van der Waals surface area contributed by atoms with Gasteiger partial charge in [0.15, 0.2) is 0 Å². The van der Waals surface area contributed by atoms with Crippen LogP contribution in [0.4, 0.5) is 0 Å². The number of rotatable bonds is 14. The number of terminal acetylenes is 1. The second-order valence-corrected chi connectivity index (χ2v) is 8.63. The Balaban J connectivity index is 2.19. The number of hydrogen-bond donors (Lipinski definition) is 4. The van der Waals surface area contributed by atoms with Gasteiger partial charge >= 0.3 is 0 Å². The highest BCUT2D eigenvalue weighted by Gasteiger charge is 2.23. The van der Waals surface area contributed by atoms with Crippen molar-refractivity contribution in [2.24, 2.45) is 5.73 Å². The van der Waals surface area contributed by atoms with Crippen LogP contribution in [-0.2, 0) is 6.54 Å². The highest BCUT2D eigenvalue weighted by atomic mass is 16.3. The molecular weight excluding hydrogens is 456 g/mol. The van der Waals surface area contributed by atoms with Crippen molar-refractivity contribution in [1.29, 1.82) is 0 Å². The summed E-state index contributed by atoms with van der Waals surface area (Å²) in [4.78, 5) is 39.8. The number of amides is 3. The van der Waals surface area contributed by atoms with Crippen LogP contribution >= 0.6 is 0 Å². The molecule has 2 atom stereocenters. The van der Waals surface area contributed by atoms with E-state index in [4.69, 9.17) is 12.2 Å². The maximum Gasteiger partial charge on any atom is 0.253 e. The van der Waals surface area contributed by atoms with Gasteiger partial charge in [0.25, 0.3) is 11.8 Å². The van der Waals surface area contributed by atoms with Crippen LogP contribution in [0, 0.1) is 12.3 Å². The monoisotopic (exact) mass is 492 g/mol. The molecule has 0 heterocycles. The van der Waals surface area contributed by atoms with E-state index in [0.29, 0.717) is 19.6 Å². The minimum Gasteiger partial charge on any atom is -0.390 e. The zero-order chi connectivity index (χ0) is 26.5. The second kappa shape index (κ2) is 14.7. The Bertz CT molecular complexity index is 1060. The normalized spacial score (nSPS) is 12.3. The Morgan fingerprint density at radius 2 is 1.64 bits per heavy atom. The number of aliphatic hydroxyl groups is 1. The molecule has 0 bridgehead atoms.